The number of hydrogen-bond acceptors (Lipinski definition) is 2. The van der Waals surface area contributed by atoms with Crippen molar-refractivity contribution in [2.24, 2.45) is 5.73 Å². The molecule has 1 aliphatic carbocycles. The van der Waals surface area contributed by atoms with Crippen LogP contribution in [0.2, 0.25) is 0 Å². The van der Waals surface area contributed by atoms with E-state index >= 15 is 0 Å². The normalized spacial score (nSPS) is 16.3. The number of benzene rings is 1. The highest BCUT2D eigenvalue weighted by atomic mass is 16.2. The molecule has 1 aromatic rings. The summed E-state index contributed by atoms with van der Waals surface area (Å²) in [5, 5.41) is 5.87. The Labute approximate surface area is 108 Å². The van der Waals surface area contributed by atoms with E-state index < -0.39 is 0 Å². The zero-order valence-electron chi connectivity index (χ0n) is 10.6. The van der Waals surface area contributed by atoms with E-state index in [1.807, 2.05) is 24.3 Å². The molecule has 0 bridgehead atoms. The Hall–Kier alpha value is -1.55. The molecule has 18 heavy (non-hydrogen) atoms. The molecule has 4 heteroatoms. The molecule has 0 heterocycles. The fraction of sp³-hybridized carbons (Fsp3) is 0.500. The second-order valence-corrected chi connectivity index (χ2v) is 4.83. The molecule has 0 aliphatic heterocycles. The van der Waals surface area contributed by atoms with Crippen LogP contribution in [0.25, 0.3) is 0 Å². The standard InChI is InChI=1S/C14H21N3O/c15-10-11-6-8-13(9-7-11)17-14(18)16-12-4-2-1-3-5-12/h6-9,12H,1-5,10,15H2,(H2,16,17,18). The summed E-state index contributed by atoms with van der Waals surface area (Å²) in [7, 11) is 0. The molecule has 4 nitrogen and oxygen atoms in total. The maximum absolute atomic E-state index is 11.8. The first kappa shape index (κ1) is 12.9. The largest absolute Gasteiger partial charge is 0.335 e. The van der Waals surface area contributed by atoms with Crippen LogP contribution in [-0.2, 0) is 6.54 Å². The molecule has 2 rings (SSSR count). The molecule has 1 aliphatic rings. The average Bonchev–Trinajstić information content (AvgIpc) is 2.40. The van der Waals surface area contributed by atoms with E-state index in [0.717, 1.165) is 24.1 Å². The van der Waals surface area contributed by atoms with Crippen molar-refractivity contribution < 1.29 is 4.79 Å². The number of rotatable bonds is 3. The van der Waals surface area contributed by atoms with Crippen molar-refractivity contribution in [3.63, 3.8) is 0 Å². The number of carbonyl (C=O) groups excluding carboxylic acids is 1. The van der Waals surface area contributed by atoms with Crippen LogP contribution in [0.5, 0.6) is 0 Å². The Morgan fingerprint density at radius 3 is 2.44 bits per heavy atom. The average molecular weight is 247 g/mol. The van der Waals surface area contributed by atoms with E-state index in [0.29, 0.717) is 12.6 Å². The van der Waals surface area contributed by atoms with Crippen molar-refractivity contribution in [2.45, 2.75) is 44.7 Å². The molecular weight excluding hydrogens is 226 g/mol. The van der Waals surface area contributed by atoms with Gasteiger partial charge < -0.3 is 16.4 Å². The highest BCUT2D eigenvalue weighted by Gasteiger charge is 2.15. The molecule has 0 radical (unpaired) electrons. The van der Waals surface area contributed by atoms with Gasteiger partial charge in [-0.3, -0.25) is 0 Å². The Kier molecular flexibility index (Phi) is 4.59. The minimum Gasteiger partial charge on any atom is -0.335 e. The summed E-state index contributed by atoms with van der Waals surface area (Å²) in [5.41, 5.74) is 7.39. The van der Waals surface area contributed by atoms with Gasteiger partial charge in [0.25, 0.3) is 0 Å². The van der Waals surface area contributed by atoms with Crippen molar-refractivity contribution in [1.82, 2.24) is 5.32 Å². The van der Waals surface area contributed by atoms with Crippen molar-refractivity contribution >= 4 is 11.7 Å². The van der Waals surface area contributed by atoms with Crippen molar-refractivity contribution in [3.8, 4) is 0 Å². The van der Waals surface area contributed by atoms with E-state index in [2.05, 4.69) is 10.6 Å². The Balaban J connectivity index is 1.82. The number of anilines is 1. The molecule has 0 spiro atoms. The summed E-state index contributed by atoms with van der Waals surface area (Å²) in [6, 6.07) is 7.84. The molecule has 0 aromatic heterocycles. The molecule has 1 aromatic carbocycles. The van der Waals surface area contributed by atoms with Crippen LogP contribution in [-0.4, -0.2) is 12.1 Å². The topological polar surface area (TPSA) is 67.1 Å². The van der Waals surface area contributed by atoms with Crippen LogP contribution < -0.4 is 16.4 Å². The number of nitrogens with one attached hydrogen (secondary N) is 2. The summed E-state index contributed by atoms with van der Waals surface area (Å²) < 4.78 is 0. The Morgan fingerprint density at radius 1 is 1.17 bits per heavy atom. The second kappa shape index (κ2) is 6.40. The summed E-state index contributed by atoms with van der Waals surface area (Å²) >= 11 is 0. The fourth-order valence-electron chi connectivity index (χ4n) is 2.32. The van der Waals surface area contributed by atoms with Gasteiger partial charge in [-0.05, 0) is 30.5 Å². The van der Waals surface area contributed by atoms with Crippen LogP contribution in [0, 0.1) is 0 Å². The SMILES string of the molecule is NCc1ccc(NC(=O)NC2CCCCC2)cc1. The quantitative estimate of drug-likeness (QED) is 0.768. The highest BCUT2D eigenvalue weighted by Crippen LogP contribution is 2.17. The van der Waals surface area contributed by atoms with Crippen LogP contribution in [0.15, 0.2) is 24.3 Å². The number of nitrogens with two attached hydrogens (primary N) is 1. The molecule has 0 saturated heterocycles. The van der Waals surface area contributed by atoms with Crippen LogP contribution in [0.3, 0.4) is 0 Å². The lowest BCUT2D eigenvalue weighted by Gasteiger charge is -2.22. The van der Waals surface area contributed by atoms with Gasteiger partial charge in [0.05, 0.1) is 0 Å². The summed E-state index contributed by atoms with van der Waals surface area (Å²) in [5.74, 6) is 0. The van der Waals surface area contributed by atoms with Crippen molar-refractivity contribution in [2.75, 3.05) is 5.32 Å². The molecule has 4 N–H and O–H groups in total. The summed E-state index contributed by atoms with van der Waals surface area (Å²) in [6.07, 6.45) is 5.92. The van der Waals surface area contributed by atoms with Gasteiger partial charge in [0.1, 0.15) is 0 Å². The zero-order chi connectivity index (χ0) is 12.8. The smallest absolute Gasteiger partial charge is 0.319 e. The lowest BCUT2D eigenvalue weighted by molar-refractivity contribution is 0.244. The van der Waals surface area contributed by atoms with E-state index in [9.17, 15) is 4.79 Å². The Bertz CT molecular complexity index is 383. The lowest BCUT2D eigenvalue weighted by atomic mass is 9.96. The number of carbonyl (C=O) groups is 1. The first-order valence-corrected chi connectivity index (χ1v) is 6.64. The minimum atomic E-state index is -0.109. The maximum atomic E-state index is 11.8. The number of amides is 2. The van der Waals surface area contributed by atoms with Gasteiger partial charge in [0.15, 0.2) is 0 Å². The van der Waals surface area contributed by atoms with Gasteiger partial charge in [-0.2, -0.15) is 0 Å². The maximum Gasteiger partial charge on any atom is 0.319 e. The molecule has 98 valence electrons. The predicted octanol–water partition coefficient (Wildman–Crippen LogP) is 2.60. The molecule has 0 atom stereocenters. The van der Waals surface area contributed by atoms with Gasteiger partial charge in [-0.1, -0.05) is 31.4 Å². The van der Waals surface area contributed by atoms with Gasteiger partial charge in [-0.15, -0.1) is 0 Å². The molecule has 0 unspecified atom stereocenters. The van der Waals surface area contributed by atoms with Crippen LogP contribution >= 0.6 is 0 Å². The minimum absolute atomic E-state index is 0.109. The van der Waals surface area contributed by atoms with Crippen LogP contribution in [0.4, 0.5) is 10.5 Å². The monoisotopic (exact) mass is 247 g/mol. The zero-order valence-corrected chi connectivity index (χ0v) is 10.6. The third kappa shape index (κ3) is 3.74. The van der Waals surface area contributed by atoms with E-state index in [1.165, 1.54) is 19.3 Å². The third-order valence-electron chi connectivity index (χ3n) is 3.39. The van der Waals surface area contributed by atoms with Gasteiger partial charge >= 0.3 is 6.03 Å². The summed E-state index contributed by atoms with van der Waals surface area (Å²) in [6.45, 7) is 0.522. The molecule has 1 fully saturated rings. The van der Waals surface area contributed by atoms with E-state index in [-0.39, 0.29) is 6.03 Å². The molecule has 1 saturated carbocycles. The Morgan fingerprint density at radius 2 is 1.83 bits per heavy atom. The fourth-order valence-corrected chi connectivity index (χ4v) is 2.32. The van der Waals surface area contributed by atoms with Gasteiger partial charge in [0, 0.05) is 18.3 Å². The lowest BCUT2D eigenvalue weighted by Crippen LogP contribution is -2.38. The van der Waals surface area contributed by atoms with Crippen molar-refractivity contribution in [3.05, 3.63) is 29.8 Å². The summed E-state index contributed by atoms with van der Waals surface area (Å²) in [4.78, 5) is 11.8. The highest BCUT2D eigenvalue weighted by molar-refractivity contribution is 5.89. The first-order valence-electron chi connectivity index (χ1n) is 6.64. The second-order valence-electron chi connectivity index (χ2n) is 4.83. The van der Waals surface area contributed by atoms with Gasteiger partial charge in [0.2, 0.25) is 0 Å². The van der Waals surface area contributed by atoms with Gasteiger partial charge in [-0.25, -0.2) is 4.79 Å². The van der Waals surface area contributed by atoms with Crippen LogP contribution in [0.1, 0.15) is 37.7 Å². The molecule has 2 amide bonds. The predicted molar refractivity (Wildman–Crippen MR) is 73.4 cm³/mol. The van der Waals surface area contributed by atoms with E-state index in [4.69, 9.17) is 5.73 Å². The third-order valence-corrected chi connectivity index (χ3v) is 3.39. The van der Waals surface area contributed by atoms with E-state index in [1.54, 1.807) is 0 Å². The molecular formula is C14H21N3O. The number of urea groups is 1. The van der Waals surface area contributed by atoms with Crippen molar-refractivity contribution in [1.29, 1.82) is 0 Å². The number of hydrogen-bond donors (Lipinski definition) is 3. The first-order chi connectivity index (χ1) is 8.78.